The smallest absolute Gasteiger partial charge is 0.467 e. The summed E-state index contributed by atoms with van der Waals surface area (Å²) < 4.78 is 16.9. The summed E-state index contributed by atoms with van der Waals surface area (Å²) in [6.07, 6.45) is 7.45. The zero-order valence-electron chi connectivity index (χ0n) is 14.6. The molecule has 0 unspecified atom stereocenters. The molecule has 1 aliphatic heterocycles. The lowest BCUT2D eigenvalue weighted by atomic mass is 9.81. The Morgan fingerprint density at radius 1 is 0.917 bits per heavy atom. The van der Waals surface area contributed by atoms with Gasteiger partial charge in [0.1, 0.15) is 5.82 Å². The summed E-state index contributed by atoms with van der Waals surface area (Å²) in [5.41, 5.74) is 0.968. The molecule has 3 heterocycles. The summed E-state index contributed by atoms with van der Waals surface area (Å²) in [6.45, 7) is 8.08. The number of methoxy groups -OCH3 is 1. The van der Waals surface area contributed by atoms with Crippen molar-refractivity contribution in [2.45, 2.75) is 45.3 Å². The lowest BCUT2D eigenvalue weighted by molar-refractivity contribution is 0.00578. The molecular formula is C16H21BN4O3. The van der Waals surface area contributed by atoms with Gasteiger partial charge in [-0.15, -0.1) is 0 Å². The highest BCUT2D eigenvalue weighted by atomic mass is 16.7. The molecule has 0 amide bonds. The molecule has 0 N–H and O–H groups in total. The number of hydrogen-bond donors (Lipinski definition) is 0. The number of aromatic nitrogens is 4. The third-order valence-corrected chi connectivity index (χ3v) is 4.48. The fourth-order valence-electron chi connectivity index (χ4n) is 2.28. The summed E-state index contributed by atoms with van der Waals surface area (Å²) in [4.78, 5) is 17.0. The molecule has 3 rings (SSSR count). The summed E-state index contributed by atoms with van der Waals surface area (Å²) in [5.74, 6) is 0.684. The largest absolute Gasteiger partial charge is 0.498 e. The fourth-order valence-corrected chi connectivity index (χ4v) is 2.28. The molecule has 0 saturated carbocycles. The van der Waals surface area contributed by atoms with Crippen molar-refractivity contribution in [3.8, 4) is 6.01 Å². The van der Waals surface area contributed by atoms with E-state index in [1.165, 1.54) is 7.11 Å². The molecule has 7 nitrogen and oxygen atoms in total. The SMILES string of the molecule is COc1ncc(Cc2ncc(B3OC(C)(C)C(C)(C)O3)cn2)cn1. The molecule has 1 saturated heterocycles. The van der Waals surface area contributed by atoms with Crippen LogP contribution in [0, 0.1) is 0 Å². The van der Waals surface area contributed by atoms with Gasteiger partial charge in [-0.25, -0.2) is 19.9 Å². The molecule has 2 aromatic rings. The minimum atomic E-state index is -0.451. The Morgan fingerprint density at radius 2 is 1.46 bits per heavy atom. The highest BCUT2D eigenvalue weighted by molar-refractivity contribution is 6.61. The zero-order valence-corrected chi connectivity index (χ0v) is 14.6. The van der Waals surface area contributed by atoms with Gasteiger partial charge in [-0.05, 0) is 33.3 Å². The third kappa shape index (κ3) is 3.25. The van der Waals surface area contributed by atoms with E-state index in [9.17, 15) is 0 Å². The summed E-state index contributed by atoms with van der Waals surface area (Å²) in [7, 11) is 1.08. The van der Waals surface area contributed by atoms with Crippen LogP contribution in [0.5, 0.6) is 6.01 Å². The lowest BCUT2D eigenvalue weighted by Gasteiger charge is -2.32. The van der Waals surface area contributed by atoms with Crippen molar-refractivity contribution in [3.05, 3.63) is 36.2 Å². The minimum absolute atomic E-state index is 0.343. The van der Waals surface area contributed by atoms with Crippen LogP contribution in [0.3, 0.4) is 0 Å². The maximum Gasteiger partial charge on any atom is 0.498 e. The Balaban J connectivity index is 1.69. The maximum absolute atomic E-state index is 6.00. The van der Waals surface area contributed by atoms with Gasteiger partial charge in [-0.3, -0.25) is 0 Å². The van der Waals surface area contributed by atoms with Crippen molar-refractivity contribution in [1.29, 1.82) is 0 Å². The molecular weight excluding hydrogens is 307 g/mol. The number of rotatable bonds is 4. The van der Waals surface area contributed by atoms with E-state index >= 15 is 0 Å². The van der Waals surface area contributed by atoms with E-state index in [0.29, 0.717) is 18.3 Å². The van der Waals surface area contributed by atoms with Crippen LogP contribution in [0.15, 0.2) is 24.8 Å². The van der Waals surface area contributed by atoms with Crippen molar-refractivity contribution in [3.63, 3.8) is 0 Å². The summed E-state index contributed by atoms with van der Waals surface area (Å²) >= 11 is 0. The van der Waals surface area contributed by atoms with Crippen molar-refractivity contribution in [1.82, 2.24) is 19.9 Å². The van der Waals surface area contributed by atoms with Crippen LogP contribution in [-0.2, 0) is 15.7 Å². The predicted octanol–water partition coefficient (Wildman–Crippen LogP) is 1.17. The molecule has 1 aliphatic rings. The molecule has 0 radical (unpaired) electrons. The lowest BCUT2D eigenvalue weighted by Crippen LogP contribution is -2.41. The molecule has 0 bridgehead atoms. The van der Waals surface area contributed by atoms with Crippen molar-refractivity contribution in [2.75, 3.05) is 7.11 Å². The Bertz CT molecular complexity index is 688. The van der Waals surface area contributed by atoms with E-state index < -0.39 is 7.12 Å². The van der Waals surface area contributed by atoms with E-state index in [1.807, 2.05) is 27.7 Å². The second-order valence-corrected chi connectivity index (χ2v) is 6.78. The van der Waals surface area contributed by atoms with Gasteiger partial charge in [0.05, 0.1) is 18.3 Å². The van der Waals surface area contributed by atoms with Crippen LogP contribution >= 0.6 is 0 Å². The first kappa shape index (κ1) is 16.8. The highest BCUT2D eigenvalue weighted by Crippen LogP contribution is 2.36. The first-order valence-electron chi connectivity index (χ1n) is 7.82. The molecule has 0 aromatic carbocycles. The van der Waals surface area contributed by atoms with Gasteiger partial charge in [-0.2, -0.15) is 0 Å². The molecule has 8 heteroatoms. The van der Waals surface area contributed by atoms with Crippen LogP contribution in [0.25, 0.3) is 0 Å². The van der Waals surface area contributed by atoms with E-state index in [2.05, 4.69) is 19.9 Å². The predicted molar refractivity (Wildman–Crippen MR) is 89.1 cm³/mol. The number of hydrogen-bond acceptors (Lipinski definition) is 7. The maximum atomic E-state index is 6.00. The van der Waals surface area contributed by atoms with Crippen molar-refractivity contribution in [2.24, 2.45) is 0 Å². The van der Waals surface area contributed by atoms with Crippen LogP contribution in [0.2, 0.25) is 0 Å². The van der Waals surface area contributed by atoms with E-state index in [1.54, 1.807) is 24.8 Å². The third-order valence-electron chi connectivity index (χ3n) is 4.48. The first-order valence-corrected chi connectivity index (χ1v) is 7.82. The standard InChI is InChI=1S/C16H21BN4O3/c1-15(2)16(3,4)24-17(23-15)12-9-18-13(19-10-12)6-11-7-20-14(22-5)21-8-11/h7-10H,6H2,1-5H3. The van der Waals surface area contributed by atoms with Crippen molar-refractivity contribution < 1.29 is 14.0 Å². The van der Waals surface area contributed by atoms with Gasteiger partial charge in [0.2, 0.25) is 0 Å². The van der Waals surface area contributed by atoms with Gasteiger partial charge in [0.25, 0.3) is 0 Å². The Kier molecular flexibility index (Phi) is 4.27. The normalized spacial score (nSPS) is 18.6. The van der Waals surface area contributed by atoms with Gasteiger partial charge >= 0.3 is 13.1 Å². The molecule has 0 atom stereocenters. The zero-order chi connectivity index (χ0) is 17.4. The van der Waals surface area contributed by atoms with Crippen molar-refractivity contribution >= 4 is 12.6 Å². The Hall–Kier alpha value is -2.06. The number of ether oxygens (including phenoxy) is 1. The van der Waals surface area contributed by atoms with Gasteiger partial charge < -0.3 is 14.0 Å². The van der Waals surface area contributed by atoms with E-state index in [0.717, 1.165) is 11.0 Å². The van der Waals surface area contributed by atoms with Gasteiger partial charge in [0, 0.05) is 36.7 Å². The molecule has 126 valence electrons. The van der Waals surface area contributed by atoms with Crippen LogP contribution in [0.4, 0.5) is 0 Å². The average Bonchev–Trinajstić information content (AvgIpc) is 2.77. The van der Waals surface area contributed by atoms with E-state index in [4.69, 9.17) is 14.0 Å². The van der Waals surface area contributed by atoms with Crippen LogP contribution in [-0.4, -0.2) is 45.4 Å². The second kappa shape index (κ2) is 6.10. The highest BCUT2D eigenvalue weighted by Gasteiger charge is 2.51. The monoisotopic (exact) mass is 328 g/mol. The van der Waals surface area contributed by atoms with Gasteiger partial charge in [-0.1, -0.05) is 0 Å². The number of nitrogens with zero attached hydrogens (tertiary/aromatic N) is 4. The molecule has 0 aliphatic carbocycles. The topological polar surface area (TPSA) is 79.3 Å². The summed E-state index contributed by atoms with van der Waals surface area (Å²) in [5, 5.41) is 0. The Morgan fingerprint density at radius 3 is 1.96 bits per heavy atom. The molecule has 0 spiro atoms. The fraction of sp³-hybridized carbons (Fsp3) is 0.500. The van der Waals surface area contributed by atoms with Gasteiger partial charge in [0.15, 0.2) is 0 Å². The Labute approximate surface area is 142 Å². The molecule has 24 heavy (non-hydrogen) atoms. The average molecular weight is 328 g/mol. The second-order valence-electron chi connectivity index (χ2n) is 6.78. The minimum Gasteiger partial charge on any atom is -0.467 e. The van der Waals surface area contributed by atoms with E-state index in [-0.39, 0.29) is 11.2 Å². The molecule has 1 fully saturated rings. The van der Waals surface area contributed by atoms with Crippen LogP contribution in [0.1, 0.15) is 39.1 Å². The summed E-state index contributed by atoms with van der Waals surface area (Å²) in [6, 6.07) is 0.343. The van der Waals surface area contributed by atoms with Crippen LogP contribution < -0.4 is 10.2 Å². The first-order chi connectivity index (χ1) is 11.3. The molecule has 2 aromatic heterocycles. The quantitative estimate of drug-likeness (QED) is 0.779.